The quantitative estimate of drug-likeness (QED) is 0.379. The molecule has 0 saturated heterocycles. The van der Waals surface area contributed by atoms with Gasteiger partial charge in [-0.1, -0.05) is 58.4 Å². The summed E-state index contributed by atoms with van der Waals surface area (Å²) >= 11 is 8.63. The summed E-state index contributed by atoms with van der Waals surface area (Å²) in [6.07, 6.45) is 0.447. The van der Waals surface area contributed by atoms with E-state index < -0.39 is 17.5 Å². The first-order valence-electron chi connectivity index (χ1n) is 9.61. The molecule has 33 heavy (non-hydrogen) atoms. The molecule has 166 valence electrons. The van der Waals surface area contributed by atoms with Crippen molar-refractivity contribution in [3.05, 3.63) is 56.8 Å². The number of aromatic nitrogens is 3. The van der Waals surface area contributed by atoms with E-state index in [0.717, 1.165) is 9.58 Å². The molecule has 1 aliphatic carbocycles. The Kier molecular flexibility index (Phi) is 5.49. The zero-order valence-electron chi connectivity index (χ0n) is 16.6. The van der Waals surface area contributed by atoms with Crippen LogP contribution < -0.4 is 5.32 Å². The van der Waals surface area contributed by atoms with Crippen molar-refractivity contribution in [2.45, 2.75) is 24.9 Å². The van der Waals surface area contributed by atoms with E-state index in [-0.39, 0.29) is 23.2 Å². The predicted octanol–water partition coefficient (Wildman–Crippen LogP) is 4.66. The number of carboxylic acid groups (broad SMARTS) is 1. The highest BCUT2D eigenvalue weighted by Gasteiger charge is 2.54. The number of rotatable bonds is 5. The fourth-order valence-electron chi connectivity index (χ4n) is 2.98. The number of nitrogens with zero attached hydrogens (tertiary/aromatic N) is 3. The van der Waals surface area contributed by atoms with Gasteiger partial charge in [-0.3, -0.25) is 10.1 Å². The molecule has 0 atom stereocenters. The van der Waals surface area contributed by atoms with Gasteiger partial charge in [0.15, 0.2) is 15.8 Å². The van der Waals surface area contributed by atoms with Crippen LogP contribution in [0.4, 0.5) is 10.5 Å². The number of ether oxygens (including phenoxy) is 1. The SMILES string of the molecule is O=C(Nc1c(Cl)noc1C#Cc1nc2nc(C3(C(=O)O)CC3)sc2s1)OCc1ccccc1. The van der Waals surface area contributed by atoms with Gasteiger partial charge in [-0.2, -0.15) is 0 Å². The first kappa shape index (κ1) is 21.4. The zero-order valence-corrected chi connectivity index (χ0v) is 19.0. The Balaban J connectivity index is 1.29. The minimum Gasteiger partial charge on any atom is -0.481 e. The summed E-state index contributed by atoms with van der Waals surface area (Å²) in [6, 6.07) is 9.22. The smallest absolute Gasteiger partial charge is 0.412 e. The molecule has 3 aromatic heterocycles. The van der Waals surface area contributed by atoms with Crippen LogP contribution in [-0.2, 0) is 21.6 Å². The van der Waals surface area contributed by atoms with Crippen LogP contribution >= 0.6 is 34.3 Å². The maximum Gasteiger partial charge on any atom is 0.412 e. The molecule has 0 spiro atoms. The lowest BCUT2D eigenvalue weighted by molar-refractivity contribution is -0.140. The molecule has 1 aliphatic rings. The van der Waals surface area contributed by atoms with Crippen LogP contribution in [0.3, 0.4) is 0 Å². The van der Waals surface area contributed by atoms with E-state index in [1.807, 2.05) is 30.3 Å². The number of hydrogen-bond acceptors (Lipinski definition) is 9. The molecular weight excluding hydrogens is 488 g/mol. The Morgan fingerprint density at radius 1 is 1.21 bits per heavy atom. The summed E-state index contributed by atoms with van der Waals surface area (Å²) in [4.78, 5) is 32.4. The molecule has 5 rings (SSSR count). The van der Waals surface area contributed by atoms with Gasteiger partial charge < -0.3 is 14.4 Å². The molecule has 0 aliphatic heterocycles. The van der Waals surface area contributed by atoms with Gasteiger partial charge in [-0.25, -0.2) is 14.8 Å². The maximum absolute atomic E-state index is 12.1. The molecule has 1 fully saturated rings. The lowest BCUT2D eigenvalue weighted by atomic mass is 10.1. The molecular formula is C21H13ClN4O5S2. The van der Waals surface area contributed by atoms with Crippen molar-refractivity contribution < 1.29 is 24.0 Å². The van der Waals surface area contributed by atoms with Gasteiger partial charge in [0.05, 0.1) is 0 Å². The van der Waals surface area contributed by atoms with Crippen molar-refractivity contribution in [2.75, 3.05) is 5.32 Å². The van der Waals surface area contributed by atoms with E-state index in [4.69, 9.17) is 20.9 Å². The van der Waals surface area contributed by atoms with Gasteiger partial charge in [-0.05, 0) is 30.2 Å². The van der Waals surface area contributed by atoms with Crippen LogP contribution in [0.1, 0.15) is 34.2 Å². The summed E-state index contributed by atoms with van der Waals surface area (Å²) in [6.45, 7) is 0.0879. The van der Waals surface area contributed by atoms with Crippen LogP contribution in [0.15, 0.2) is 34.9 Å². The second kappa shape index (κ2) is 8.47. The maximum atomic E-state index is 12.1. The number of carbonyl (C=O) groups is 2. The summed E-state index contributed by atoms with van der Waals surface area (Å²) in [5.74, 6) is 4.79. The van der Waals surface area contributed by atoms with Crippen LogP contribution in [-0.4, -0.2) is 32.3 Å². The number of carbonyl (C=O) groups excluding carboxylic acids is 1. The molecule has 1 amide bonds. The molecule has 1 aromatic carbocycles. The lowest BCUT2D eigenvalue weighted by Gasteiger charge is -2.05. The molecule has 12 heteroatoms. The molecule has 9 nitrogen and oxygen atoms in total. The Bertz CT molecular complexity index is 1400. The second-order valence-electron chi connectivity index (χ2n) is 7.15. The number of nitrogens with one attached hydrogen (secondary N) is 1. The highest BCUT2D eigenvalue weighted by atomic mass is 35.5. The van der Waals surface area contributed by atoms with Crippen molar-refractivity contribution in [1.29, 1.82) is 0 Å². The average molecular weight is 501 g/mol. The number of thiazole rings is 2. The topological polar surface area (TPSA) is 127 Å². The molecule has 4 aromatic rings. The Morgan fingerprint density at radius 3 is 2.70 bits per heavy atom. The third-order valence-corrected chi connectivity index (χ3v) is 7.47. The van der Waals surface area contributed by atoms with E-state index in [9.17, 15) is 14.7 Å². The van der Waals surface area contributed by atoms with Gasteiger partial charge in [0, 0.05) is 0 Å². The Hall–Kier alpha value is -3.46. The number of aliphatic carboxylic acids is 1. The first-order chi connectivity index (χ1) is 15.9. The zero-order chi connectivity index (χ0) is 23.0. The van der Waals surface area contributed by atoms with Crippen molar-refractivity contribution in [1.82, 2.24) is 15.1 Å². The second-order valence-corrected chi connectivity index (χ2v) is 9.77. The van der Waals surface area contributed by atoms with Gasteiger partial charge in [0.25, 0.3) is 0 Å². The highest BCUT2D eigenvalue weighted by molar-refractivity contribution is 7.38. The molecule has 0 bridgehead atoms. The van der Waals surface area contributed by atoms with Crippen LogP contribution in [0.25, 0.3) is 9.66 Å². The summed E-state index contributed by atoms with van der Waals surface area (Å²) in [5.41, 5.74) is 0.539. The number of halogens is 1. The number of hydrogen-bond donors (Lipinski definition) is 2. The summed E-state index contributed by atoms with van der Waals surface area (Å²) < 4.78 is 11.1. The third kappa shape index (κ3) is 4.28. The number of benzene rings is 1. The van der Waals surface area contributed by atoms with Crippen molar-refractivity contribution in [3.8, 4) is 11.8 Å². The third-order valence-electron chi connectivity index (χ3n) is 4.92. The predicted molar refractivity (Wildman–Crippen MR) is 122 cm³/mol. The van der Waals surface area contributed by atoms with Crippen molar-refractivity contribution >= 4 is 61.7 Å². The van der Waals surface area contributed by atoms with Gasteiger partial charge in [-0.15, -0.1) is 11.3 Å². The number of amides is 1. The molecule has 3 heterocycles. The minimum absolute atomic E-state index is 0.0478. The minimum atomic E-state index is -0.858. The fourth-order valence-corrected chi connectivity index (χ4v) is 5.36. The van der Waals surface area contributed by atoms with E-state index in [2.05, 4.69) is 32.3 Å². The standard InChI is InChI=1S/C21H13ClN4O5S2/c22-15-14(24-20(29)30-10-11-4-2-1-3-5-11)12(31-26-15)6-7-13-23-16-17(32-13)33-18(25-16)21(8-9-21)19(27)28/h1-5H,8-10H2,(H,24,29)(H,27,28). The Labute approximate surface area is 199 Å². The van der Waals surface area contributed by atoms with Crippen molar-refractivity contribution in [3.63, 3.8) is 0 Å². The van der Waals surface area contributed by atoms with E-state index in [1.165, 1.54) is 22.7 Å². The normalized spacial score (nSPS) is 13.8. The van der Waals surface area contributed by atoms with Crippen LogP contribution in [0.5, 0.6) is 0 Å². The lowest BCUT2D eigenvalue weighted by Crippen LogP contribution is -2.18. The summed E-state index contributed by atoms with van der Waals surface area (Å²) in [7, 11) is 0. The molecule has 0 radical (unpaired) electrons. The van der Waals surface area contributed by atoms with Crippen LogP contribution in [0.2, 0.25) is 5.15 Å². The van der Waals surface area contributed by atoms with Gasteiger partial charge in [0.1, 0.15) is 26.7 Å². The first-order valence-corrected chi connectivity index (χ1v) is 11.6. The molecule has 0 unspecified atom stereocenters. The Morgan fingerprint density at radius 2 is 2.00 bits per heavy atom. The van der Waals surface area contributed by atoms with Gasteiger partial charge >= 0.3 is 12.1 Å². The average Bonchev–Trinajstić information content (AvgIpc) is 3.24. The molecule has 2 N–H and O–H groups in total. The fraction of sp³-hybridized carbons (Fsp3) is 0.190. The largest absolute Gasteiger partial charge is 0.481 e. The van der Waals surface area contributed by atoms with Crippen LogP contribution in [0, 0.1) is 11.8 Å². The van der Waals surface area contributed by atoms with Crippen molar-refractivity contribution in [2.24, 2.45) is 0 Å². The molecule has 1 saturated carbocycles. The highest BCUT2D eigenvalue weighted by Crippen LogP contribution is 2.51. The monoisotopic (exact) mass is 500 g/mol. The number of carboxylic acids is 1. The van der Waals surface area contributed by atoms with Gasteiger partial charge in [0.2, 0.25) is 5.76 Å². The summed E-state index contributed by atoms with van der Waals surface area (Å²) in [5, 5.41) is 16.5. The van der Waals surface area contributed by atoms with E-state index >= 15 is 0 Å². The van der Waals surface area contributed by atoms with E-state index in [1.54, 1.807) is 0 Å². The van der Waals surface area contributed by atoms with E-state index in [0.29, 0.717) is 28.5 Å². The number of anilines is 1. The number of fused-ring (bicyclic) bond motifs is 1.